The van der Waals surface area contributed by atoms with Gasteiger partial charge in [0.25, 0.3) is 5.91 Å². The van der Waals surface area contributed by atoms with Crippen LogP contribution in [0.15, 0.2) is 151 Å². The maximum atomic E-state index is 14.5. The van der Waals surface area contributed by atoms with Crippen LogP contribution in [0.3, 0.4) is 0 Å². The number of carbonyl (C=O) groups is 3. The zero-order valence-electron chi connectivity index (χ0n) is 24.4. The van der Waals surface area contributed by atoms with Gasteiger partial charge in [0, 0.05) is 23.3 Å². The van der Waals surface area contributed by atoms with E-state index in [1.807, 2.05) is 72.8 Å². The summed E-state index contributed by atoms with van der Waals surface area (Å²) in [4.78, 5) is 43.5. The molecule has 6 heteroatoms. The average Bonchev–Trinajstić information content (AvgIpc) is 3.24. The molecule has 0 radical (unpaired) electrons. The van der Waals surface area contributed by atoms with Crippen molar-refractivity contribution >= 4 is 29.0 Å². The number of nitrogens with one attached hydrogen (secondary N) is 1. The van der Waals surface area contributed by atoms with Gasteiger partial charge in [0.1, 0.15) is 5.75 Å². The molecule has 0 spiro atoms. The second kappa shape index (κ2) is 12.1. The third-order valence-electron chi connectivity index (χ3n) is 8.39. The van der Waals surface area contributed by atoms with Gasteiger partial charge in [-0.3, -0.25) is 14.5 Å². The molecule has 1 N–H and O–H groups in total. The van der Waals surface area contributed by atoms with Crippen LogP contribution in [0.1, 0.15) is 56.6 Å². The van der Waals surface area contributed by atoms with E-state index in [1.54, 1.807) is 59.5 Å². The van der Waals surface area contributed by atoms with Crippen molar-refractivity contribution in [1.29, 1.82) is 0 Å². The molecular weight excluding hydrogens is 560 g/mol. The molecule has 7 rings (SSSR count). The highest BCUT2D eigenvalue weighted by Gasteiger charge is 2.42. The summed E-state index contributed by atoms with van der Waals surface area (Å²) >= 11 is 0. The Kier molecular flexibility index (Phi) is 7.54. The van der Waals surface area contributed by atoms with E-state index < -0.39 is 12.0 Å². The quantitative estimate of drug-likeness (QED) is 0.165. The van der Waals surface area contributed by atoms with Crippen molar-refractivity contribution in [3.63, 3.8) is 0 Å². The van der Waals surface area contributed by atoms with E-state index in [0.717, 1.165) is 16.9 Å². The molecule has 0 bridgehead atoms. The van der Waals surface area contributed by atoms with Crippen LogP contribution in [0.25, 0.3) is 0 Å². The fraction of sp³-hybridized carbons (Fsp3) is 0.103. The normalized spacial score (nSPS) is 17.4. The molecule has 0 aromatic heterocycles. The van der Waals surface area contributed by atoms with Crippen molar-refractivity contribution in [2.75, 3.05) is 10.2 Å². The number of esters is 1. The van der Waals surface area contributed by atoms with Crippen LogP contribution < -0.4 is 15.0 Å². The molecule has 1 amide bonds. The third kappa shape index (κ3) is 5.54. The van der Waals surface area contributed by atoms with Crippen molar-refractivity contribution in [1.82, 2.24) is 0 Å². The summed E-state index contributed by atoms with van der Waals surface area (Å²) in [5.41, 5.74) is 5.40. The summed E-state index contributed by atoms with van der Waals surface area (Å²) < 4.78 is 5.79. The molecule has 1 heterocycles. The zero-order chi connectivity index (χ0) is 30.8. The van der Waals surface area contributed by atoms with Gasteiger partial charge in [-0.2, -0.15) is 0 Å². The highest BCUT2D eigenvalue weighted by molar-refractivity contribution is 6.12. The molecule has 1 aliphatic carbocycles. The minimum Gasteiger partial charge on any atom is -0.423 e. The fourth-order valence-corrected chi connectivity index (χ4v) is 6.30. The van der Waals surface area contributed by atoms with Crippen molar-refractivity contribution < 1.29 is 19.1 Å². The summed E-state index contributed by atoms with van der Waals surface area (Å²) in [6.45, 7) is 0. The number of nitrogens with zero attached hydrogens (tertiary/aromatic N) is 1. The van der Waals surface area contributed by atoms with E-state index in [0.29, 0.717) is 46.5 Å². The van der Waals surface area contributed by atoms with Gasteiger partial charge in [-0.15, -0.1) is 0 Å². The van der Waals surface area contributed by atoms with Crippen LogP contribution in [0.2, 0.25) is 0 Å². The molecule has 45 heavy (non-hydrogen) atoms. The van der Waals surface area contributed by atoms with Gasteiger partial charge in [0.05, 0.1) is 23.0 Å². The molecule has 0 saturated heterocycles. The van der Waals surface area contributed by atoms with E-state index in [1.165, 1.54) is 0 Å². The summed E-state index contributed by atoms with van der Waals surface area (Å²) in [5, 5.41) is 3.58. The highest BCUT2D eigenvalue weighted by atomic mass is 16.5. The number of benzene rings is 5. The van der Waals surface area contributed by atoms with Crippen LogP contribution in [0, 0.1) is 0 Å². The number of hydrogen-bond acceptors (Lipinski definition) is 5. The molecule has 5 aromatic carbocycles. The lowest BCUT2D eigenvalue weighted by molar-refractivity contribution is -0.116. The molecule has 0 saturated carbocycles. The first kappa shape index (κ1) is 28.0. The summed E-state index contributed by atoms with van der Waals surface area (Å²) in [6.07, 6.45) is 0.916. The first-order valence-electron chi connectivity index (χ1n) is 15.0. The van der Waals surface area contributed by atoms with Crippen LogP contribution in [-0.4, -0.2) is 17.7 Å². The van der Waals surface area contributed by atoms with Gasteiger partial charge in [-0.1, -0.05) is 91.0 Å². The number of ether oxygens (including phenoxy) is 1. The number of anilines is 2. The SMILES string of the molecule is O=C1C[C@@H](c2ccccc2)CC2=C1[C@@H](c1cccc(OC(=O)c3ccccc3)c1)N(C(=O)c1ccccc1)c1ccccc1N2. The van der Waals surface area contributed by atoms with Gasteiger partial charge >= 0.3 is 5.97 Å². The number of ketones is 1. The van der Waals surface area contributed by atoms with E-state index in [2.05, 4.69) is 17.4 Å². The summed E-state index contributed by atoms with van der Waals surface area (Å²) in [6, 6.07) is 41.9. The Bertz CT molecular complexity index is 1920. The molecule has 220 valence electrons. The summed E-state index contributed by atoms with van der Waals surface area (Å²) in [7, 11) is 0. The smallest absolute Gasteiger partial charge is 0.343 e. The van der Waals surface area contributed by atoms with Crippen LogP contribution in [-0.2, 0) is 4.79 Å². The molecule has 2 aliphatic rings. The zero-order valence-corrected chi connectivity index (χ0v) is 24.4. The standard InChI is InChI=1S/C39H30N2O4/c42-35-25-30(26-13-4-1-5-14-26)24-33-36(35)37(29-19-12-20-31(23-29)45-39(44)28-17-8-3-9-18-28)41(34-22-11-10-21-32(34)40-33)38(43)27-15-6-2-7-16-27/h1-23,30,37,40H,24-25H2/t30-,37+/m0/s1. The lowest BCUT2D eigenvalue weighted by Gasteiger charge is -2.35. The molecule has 2 atom stereocenters. The number of Topliss-reactive ketones (excluding diaryl/α,β-unsaturated/α-hetero) is 1. The van der Waals surface area contributed by atoms with Crippen LogP contribution in [0.5, 0.6) is 5.75 Å². The minimum atomic E-state index is -0.775. The van der Waals surface area contributed by atoms with Gasteiger partial charge in [-0.25, -0.2) is 4.79 Å². The second-order valence-corrected chi connectivity index (χ2v) is 11.2. The Morgan fingerprint density at radius 1 is 0.667 bits per heavy atom. The fourth-order valence-electron chi connectivity index (χ4n) is 6.30. The third-order valence-corrected chi connectivity index (χ3v) is 8.39. The van der Waals surface area contributed by atoms with Crippen LogP contribution >= 0.6 is 0 Å². The van der Waals surface area contributed by atoms with Crippen molar-refractivity contribution in [3.8, 4) is 5.75 Å². The van der Waals surface area contributed by atoms with Gasteiger partial charge in [0.2, 0.25) is 0 Å². The number of allylic oxidation sites excluding steroid dienone is 1. The lowest BCUT2D eigenvalue weighted by Crippen LogP contribution is -2.38. The van der Waals surface area contributed by atoms with Crippen molar-refractivity contribution in [2.24, 2.45) is 0 Å². The number of para-hydroxylation sites is 2. The number of carbonyl (C=O) groups excluding carboxylic acids is 3. The predicted octanol–water partition coefficient (Wildman–Crippen LogP) is 8.12. The van der Waals surface area contributed by atoms with Crippen molar-refractivity contribution in [2.45, 2.75) is 24.8 Å². The average molecular weight is 591 g/mol. The van der Waals surface area contributed by atoms with Gasteiger partial charge in [0.15, 0.2) is 5.78 Å². The van der Waals surface area contributed by atoms with E-state index >= 15 is 0 Å². The number of amides is 1. The minimum absolute atomic E-state index is 0.00713. The topological polar surface area (TPSA) is 75.7 Å². The lowest BCUT2D eigenvalue weighted by atomic mass is 9.78. The Morgan fingerprint density at radius 3 is 2.02 bits per heavy atom. The van der Waals surface area contributed by atoms with Crippen LogP contribution in [0.4, 0.5) is 11.4 Å². The molecule has 1 aliphatic heterocycles. The second-order valence-electron chi connectivity index (χ2n) is 11.2. The Labute approximate surface area is 261 Å². The first-order valence-corrected chi connectivity index (χ1v) is 15.0. The first-order chi connectivity index (χ1) is 22.1. The molecular formula is C39H30N2O4. The Morgan fingerprint density at radius 2 is 1.29 bits per heavy atom. The molecule has 6 nitrogen and oxygen atoms in total. The monoisotopic (exact) mass is 590 g/mol. The number of rotatable bonds is 5. The summed E-state index contributed by atoms with van der Waals surface area (Å²) in [5.74, 6) is -0.447. The number of fused-ring (bicyclic) bond motifs is 1. The van der Waals surface area contributed by atoms with E-state index in [9.17, 15) is 14.4 Å². The highest BCUT2D eigenvalue weighted by Crippen LogP contribution is 2.48. The Hall–Kier alpha value is -5.75. The Balaban J connectivity index is 1.39. The molecule has 5 aromatic rings. The maximum absolute atomic E-state index is 14.5. The maximum Gasteiger partial charge on any atom is 0.343 e. The largest absolute Gasteiger partial charge is 0.423 e. The van der Waals surface area contributed by atoms with E-state index in [4.69, 9.17) is 4.74 Å². The number of hydrogen-bond donors (Lipinski definition) is 1. The van der Waals surface area contributed by atoms with Crippen molar-refractivity contribution in [3.05, 3.63) is 173 Å². The van der Waals surface area contributed by atoms with E-state index in [-0.39, 0.29) is 17.6 Å². The predicted molar refractivity (Wildman–Crippen MR) is 174 cm³/mol. The molecule has 0 fully saturated rings. The van der Waals surface area contributed by atoms with Gasteiger partial charge < -0.3 is 10.1 Å². The van der Waals surface area contributed by atoms with Gasteiger partial charge in [-0.05, 0) is 72.0 Å². The molecule has 0 unspecified atom stereocenters.